The second kappa shape index (κ2) is 3.93. The lowest BCUT2D eigenvalue weighted by molar-refractivity contribution is 0.296. The third-order valence-corrected chi connectivity index (χ3v) is 1.67. The van der Waals surface area contributed by atoms with Gasteiger partial charge in [0, 0.05) is 12.6 Å². The Morgan fingerprint density at radius 2 is 2.36 bits per heavy atom. The van der Waals surface area contributed by atoms with E-state index < -0.39 is 0 Å². The largest absolute Gasteiger partial charge is 0.396 e. The van der Waals surface area contributed by atoms with Crippen LogP contribution in [0, 0.1) is 0 Å². The zero-order valence-corrected chi connectivity index (χ0v) is 7.41. The molecule has 0 aliphatic rings. The van der Waals surface area contributed by atoms with Gasteiger partial charge in [-0.2, -0.15) is 0 Å². The van der Waals surface area contributed by atoms with Crippen molar-refractivity contribution in [1.82, 2.24) is 25.2 Å². The molecule has 6 heteroatoms. The number of aliphatic hydroxyl groups excluding tert-OH is 1. The fraction of sp³-hybridized carbons (Fsp3) is 0.250. The molecular weight excluding hydrogens is 182 g/mol. The molecular formula is C8H9N5O. The van der Waals surface area contributed by atoms with Crippen molar-refractivity contribution in [3.05, 3.63) is 30.4 Å². The number of aromatic nitrogens is 5. The summed E-state index contributed by atoms with van der Waals surface area (Å²) in [6.45, 7) is 0.0265. The van der Waals surface area contributed by atoms with E-state index in [9.17, 15) is 0 Å². The molecule has 0 atom stereocenters. The second-order valence-electron chi connectivity index (χ2n) is 2.68. The first-order valence-electron chi connectivity index (χ1n) is 4.20. The average molecular weight is 191 g/mol. The topological polar surface area (TPSA) is 76.7 Å². The molecule has 2 heterocycles. The molecule has 0 saturated carbocycles. The van der Waals surface area contributed by atoms with Crippen molar-refractivity contribution in [1.29, 1.82) is 0 Å². The Morgan fingerprint density at radius 1 is 1.43 bits per heavy atom. The summed E-state index contributed by atoms with van der Waals surface area (Å²) in [5.74, 6) is 0.524. The lowest BCUT2D eigenvalue weighted by atomic mass is 10.4. The third kappa shape index (κ3) is 1.74. The van der Waals surface area contributed by atoms with Crippen molar-refractivity contribution in [3.63, 3.8) is 0 Å². The molecule has 0 spiro atoms. The second-order valence-corrected chi connectivity index (χ2v) is 2.68. The van der Waals surface area contributed by atoms with Crippen LogP contribution in [0.1, 0.15) is 5.82 Å². The van der Waals surface area contributed by atoms with E-state index in [0.717, 1.165) is 5.69 Å². The predicted molar refractivity (Wildman–Crippen MR) is 47.7 cm³/mol. The van der Waals surface area contributed by atoms with Crippen molar-refractivity contribution >= 4 is 0 Å². The van der Waals surface area contributed by atoms with Crippen LogP contribution in [0.4, 0.5) is 0 Å². The van der Waals surface area contributed by atoms with Crippen molar-refractivity contribution in [3.8, 4) is 5.69 Å². The molecule has 2 aromatic rings. The average Bonchev–Trinajstić information content (AvgIpc) is 2.68. The van der Waals surface area contributed by atoms with Gasteiger partial charge in [-0.25, -0.2) is 0 Å². The molecule has 2 rings (SSSR count). The summed E-state index contributed by atoms with van der Waals surface area (Å²) < 4.78 is 0. The number of pyridine rings is 1. The van der Waals surface area contributed by atoms with Gasteiger partial charge in [-0.15, -0.1) is 15.0 Å². The van der Waals surface area contributed by atoms with Crippen LogP contribution in [0.3, 0.4) is 0 Å². The van der Waals surface area contributed by atoms with Gasteiger partial charge in [0.15, 0.2) is 5.82 Å². The lowest BCUT2D eigenvalue weighted by Crippen LogP contribution is -2.00. The maximum absolute atomic E-state index is 8.67. The van der Waals surface area contributed by atoms with E-state index in [0.29, 0.717) is 12.2 Å². The fourth-order valence-electron chi connectivity index (χ4n) is 1.02. The van der Waals surface area contributed by atoms with Crippen LogP contribution in [0.5, 0.6) is 0 Å². The molecule has 6 nitrogen and oxygen atoms in total. The molecule has 14 heavy (non-hydrogen) atoms. The maximum Gasteiger partial charge on any atom is 0.177 e. The summed E-state index contributed by atoms with van der Waals surface area (Å²) in [5.41, 5.74) is 0.754. The maximum atomic E-state index is 8.67. The predicted octanol–water partition coefficient (Wildman–Crippen LogP) is -0.408. The van der Waals surface area contributed by atoms with Crippen LogP contribution in [0.25, 0.3) is 5.69 Å². The van der Waals surface area contributed by atoms with Crippen LogP contribution >= 0.6 is 0 Å². The van der Waals surface area contributed by atoms with Crippen LogP contribution in [-0.4, -0.2) is 36.9 Å². The van der Waals surface area contributed by atoms with E-state index in [1.165, 1.54) is 4.80 Å². The Balaban J connectivity index is 2.25. The van der Waals surface area contributed by atoms with Crippen LogP contribution < -0.4 is 0 Å². The Morgan fingerprint density at radius 3 is 3.07 bits per heavy atom. The zero-order valence-electron chi connectivity index (χ0n) is 7.41. The van der Waals surface area contributed by atoms with Crippen LogP contribution in [-0.2, 0) is 6.42 Å². The van der Waals surface area contributed by atoms with E-state index in [4.69, 9.17) is 5.11 Å². The van der Waals surface area contributed by atoms with Crippen LogP contribution in [0.15, 0.2) is 24.5 Å². The molecule has 0 aliphatic carbocycles. The number of nitrogens with zero attached hydrogens (tertiary/aromatic N) is 5. The molecule has 72 valence electrons. The van der Waals surface area contributed by atoms with Gasteiger partial charge in [0.1, 0.15) is 5.69 Å². The lowest BCUT2D eigenvalue weighted by Gasteiger charge is -1.94. The first kappa shape index (κ1) is 8.76. The van der Waals surface area contributed by atoms with Crippen molar-refractivity contribution in [2.24, 2.45) is 0 Å². The van der Waals surface area contributed by atoms with Gasteiger partial charge in [0.2, 0.25) is 0 Å². The SMILES string of the molecule is OCCc1nnn(-c2cccnc2)n1. The minimum absolute atomic E-state index is 0.0265. The summed E-state index contributed by atoms with van der Waals surface area (Å²) in [4.78, 5) is 5.33. The molecule has 2 aromatic heterocycles. The molecule has 0 bridgehead atoms. The summed E-state index contributed by atoms with van der Waals surface area (Å²) in [6.07, 6.45) is 3.74. The zero-order chi connectivity index (χ0) is 9.80. The minimum Gasteiger partial charge on any atom is -0.396 e. The Kier molecular flexibility index (Phi) is 2.46. The molecule has 0 aromatic carbocycles. The Bertz CT molecular complexity index is 399. The van der Waals surface area contributed by atoms with E-state index in [1.807, 2.05) is 6.07 Å². The van der Waals surface area contributed by atoms with Gasteiger partial charge < -0.3 is 5.11 Å². The monoisotopic (exact) mass is 191 g/mol. The third-order valence-electron chi connectivity index (χ3n) is 1.67. The smallest absolute Gasteiger partial charge is 0.177 e. The van der Waals surface area contributed by atoms with Gasteiger partial charge >= 0.3 is 0 Å². The number of hydrogen-bond donors (Lipinski definition) is 1. The Labute approximate surface area is 80.2 Å². The highest BCUT2D eigenvalue weighted by atomic mass is 16.3. The molecule has 0 amide bonds. The van der Waals surface area contributed by atoms with Gasteiger partial charge in [-0.3, -0.25) is 4.98 Å². The highest BCUT2D eigenvalue weighted by Gasteiger charge is 2.02. The van der Waals surface area contributed by atoms with Gasteiger partial charge in [-0.1, -0.05) is 0 Å². The highest BCUT2D eigenvalue weighted by molar-refractivity contribution is 5.23. The van der Waals surface area contributed by atoms with Crippen molar-refractivity contribution in [2.75, 3.05) is 6.61 Å². The fourth-order valence-corrected chi connectivity index (χ4v) is 1.02. The summed E-state index contributed by atoms with van der Waals surface area (Å²) >= 11 is 0. The molecule has 0 saturated heterocycles. The van der Waals surface area contributed by atoms with Crippen molar-refractivity contribution in [2.45, 2.75) is 6.42 Å². The van der Waals surface area contributed by atoms with E-state index in [2.05, 4.69) is 20.4 Å². The quantitative estimate of drug-likeness (QED) is 0.713. The van der Waals surface area contributed by atoms with Gasteiger partial charge in [0.25, 0.3) is 0 Å². The summed E-state index contributed by atoms with van der Waals surface area (Å²) in [7, 11) is 0. The number of aliphatic hydroxyl groups is 1. The molecule has 0 aliphatic heterocycles. The van der Waals surface area contributed by atoms with E-state index in [-0.39, 0.29) is 6.61 Å². The first-order valence-corrected chi connectivity index (χ1v) is 4.20. The van der Waals surface area contributed by atoms with Gasteiger partial charge in [0.05, 0.1) is 12.8 Å². The standard InChI is InChI=1S/C8H9N5O/c14-5-3-8-10-12-13(11-8)7-2-1-4-9-6-7/h1-2,4,6,14H,3,5H2. The molecule has 0 unspecified atom stereocenters. The summed E-state index contributed by atoms with van der Waals surface area (Å²) in [6, 6.07) is 3.63. The van der Waals surface area contributed by atoms with E-state index in [1.54, 1.807) is 18.5 Å². The van der Waals surface area contributed by atoms with Crippen LogP contribution in [0.2, 0.25) is 0 Å². The van der Waals surface area contributed by atoms with E-state index >= 15 is 0 Å². The molecule has 0 fully saturated rings. The number of rotatable bonds is 3. The molecule has 0 radical (unpaired) electrons. The number of tetrazole rings is 1. The Hall–Kier alpha value is -1.82. The number of hydrogen-bond acceptors (Lipinski definition) is 5. The van der Waals surface area contributed by atoms with Crippen molar-refractivity contribution < 1.29 is 5.11 Å². The van der Waals surface area contributed by atoms with Gasteiger partial charge in [-0.05, 0) is 17.3 Å². The summed E-state index contributed by atoms with van der Waals surface area (Å²) in [5, 5.41) is 20.3. The highest BCUT2D eigenvalue weighted by Crippen LogP contribution is 2.00. The first-order chi connectivity index (χ1) is 6.90. The molecule has 1 N–H and O–H groups in total. The minimum atomic E-state index is 0.0265. The normalized spacial score (nSPS) is 10.4.